The van der Waals surface area contributed by atoms with Gasteiger partial charge in [0, 0.05) is 31.8 Å². The van der Waals surface area contributed by atoms with Crippen LogP contribution in [0.15, 0.2) is 24.3 Å². The molecule has 0 unspecified atom stereocenters. The summed E-state index contributed by atoms with van der Waals surface area (Å²) in [6.45, 7) is 1.62. The Labute approximate surface area is 131 Å². The van der Waals surface area contributed by atoms with E-state index in [2.05, 4.69) is 0 Å². The van der Waals surface area contributed by atoms with E-state index >= 15 is 0 Å². The first kappa shape index (κ1) is 14.7. The zero-order valence-electron chi connectivity index (χ0n) is 12.3. The second-order valence-corrected chi connectivity index (χ2v) is 6.46. The van der Waals surface area contributed by atoms with Crippen LogP contribution < -0.4 is 4.74 Å². The molecule has 0 bridgehead atoms. The summed E-state index contributed by atoms with van der Waals surface area (Å²) in [7, 11) is 0. The van der Waals surface area contributed by atoms with Crippen molar-refractivity contribution in [2.24, 2.45) is 5.92 Å². The fraction of sp³-hybridized carbons (Fsp3) is 0.588. The molecule has 0 spiro atoms. The third kappa shape index (κ3) is 3.52. The Bertz CT molecular complexity index is 491. The Morgan fingerprint density at radius 3 is 2.43 bits per heavy atom. The van der Waals surface area contributed by atoms with Gasteiger partial charge in [0.05, 0.1) is 5.02 Å². The van der Waals surface area contributed by atoms with Gasteiger partial charge in [-0.3, -0.25) is 4.79 Å². The topological polar surface area (TPSA) is 29.5 Å². The van der Waals surface area contributed by atoms with Gasteiger partial charge in [0.1, 0.15) is 11.9 Å². The van der Waals surface area contributed by atoms with E-state index in [4.69, 9.17) is 16.3 Å². The standard InChI is InChI=1S/C17H22ClNO2/c18-15-7-3-4-8-16(15)21-14-9-11-19(12-10-14)17(20)13-5-1-2-6-13/h3-4,7-8,13-14H,1-2,5-6,9-12H2. The predicted molar refractivity (Wildman–Crippen MR) is 83.6 cm³/mol. The van der Waals surface area contributed by atoms with Crippen LogP contribution in [0.5, 0.6) is 5.75 Å². The number of benzene rings is 1. The van der Waals surface area contributed by atoms with Crippen LogP contribution in [-0.2, 0) is 4.79 Å². The Balaban J connectivity index is 1.51. The quantitative estimate of drug-likeness (QED) is 0.847. The molecule has 1 amide bonds. The molecule has 21 heavy (non-hydrogen) atoms. The summed E-state index contributed by atoms with van der Waals surface area (Å²) in [4.78, 5) is 14.4. The first-order valence-corrected chi connectivity index (χ1v) is 8.32. The molecule has 114 valence electrons. The lowest BCUT2D eigenvalue weighted by atomic mass is 10.0. The largest absolute Gasteiger partial charge is 0.489 e. The SMILES string of the molecule is O=C(C1CCCC1)N1CCC(Oc2ccccc2Cl)CC1. The third-order valence-corrected chi connectivity index (χ3v) is 4.90. The van der Waals surface area contributed by atoms with Crippen molar-refractivity contribution < 1.29 is 9.53 Å². The van der Waals surface area contributed by atoms with Crippen molar-refractivity contribution in [1.82, 2.24) is 4.90 Å². The lowest BCUT2D eigenvalue weighted by Crippen LogP contribution is -2.44. The summed E-state index contributed by atoms with van der Waals surface area (Å²) in [6, 6.07) is 7.58. The molecular weight excluding hydrogens is 286 g/mol. The van der Waals surface area contributed by atoms with E-state index in [9.17, 15) is 4.79 Å². The first-order valence-electron chi connectivity index (χ1n) is 7.94. The van der Waals surface area contributed by atoms with Crippen molar-refractivity contribution >= 4 is 17.5 Å². The van der Waals surface area contributed by atoms with Crippen molar-refractivity contribution in [3.05, 3.63) is 29.3 Å². The van der Waals surface area contributed by atoms with E-state index in [0.717, 1.165) is 44.5 Å². The van der Waals surface area contributed by atoms with Crippen LogP contribution in [0.2, 0.25) is 5.02 Å². The van der Waals surface area contributed by atoms with Crippen LogP contribution in [0.4, 0.5) is 0 Å². The average molecular weight is 308 g/mol. The van der Waals surface area contributed by atoms with E-state index in [1.165, 1.54) is 12.8 Å². The molecule has 1 saturated heterocycles. The van der Waals surface area contributed by atoms with Crippen LogP contribution in [0.25, 0.3) is 0 Å². The van der Waals surface area contributed by atoms with Crippen molar-refractivity contribution in [3.63, 3.8) is 0 Å². The number of carbonyl (C=O) groups excluding carboxylic acids is 1. The zero-order chi connectivity index (χ0) is 14.7. The van der Waals surface area contributed by atoms with Crippen molar-refractivity contribution in [3.8, 4) is 5.75 Å². The molecule has 0 N–H and O–H groups in total. The van der Waals surface area contributed by atoms with Crippen molar-refractivity contribution in [2.45, 2.75) is 44.6 Å². The second-order valence-electron chi connectivity index (χ2n) is 6.05. The van der Waals surface area contributed by atoms with Crippen molar-refractivity contribution in [2.75, 3.05) is 13.1 Å². The van der Waals surface area contributed by atoms with Gasteiger partial charge in [0.2, 0.25) is 5.91 Å². The third-order valence-electron chi connectivity index (χ3n) is 4.59. The van der Waals surface area contributed by atoms with E-state index in [0.29, 0.717) is 10.9 Å². The highest BCUT2D eigenvalue weighted by molar-refractivity contribution is 6.32. The number of amides is 1. The first-order chi connectivity index (χ1) is 10.2. The van der Waals surface area contributed by atoms with Gasteiger partial charge in [-0.1, -0.05) is 36.6 Å². The number of piperidine rings is 1. The number of hydrogen-bond acceptors (Lipinski definition) is 2. The fourth-order valence-corrected chi connectivity index (χ4v) is 3.53. The molecule has 2 aliphatic rings. The normalized spacial score (nSPS) is 20.7. The highest BCUT2D eigenvalue weighted by Crippen LogP contribution is 2.29. The fourth-order valence-electron chi connectivity index (χ4n) is 3.34. The zero-order valence-corrected chi connectivity index (χ0v) is 13.0. The Hall–Kier alpha value is -1.22. The number of carbonyl (C=O) groups is 1. The van der Waals surface area contributed by atoms with Crippen LogP contribution >= 0.6 is 11.6 Å². The molecule has 1 saturated carbocycles. The minimum atomic E-state index is 0.164. The molecule has 1 aromatic carbocycles. The number of nitrogens with zero attached hydrogens (tertiary/aromatic N) is 1. The molecule has 1 aliphatic heterocycles. The highest BCUT2D eigenvalue weighted by Gasteiger charge is 2.30. The molecule has 2 fully saturated rings. The molecule has 1 aliphatic carbocycles. The van der Waals surface area contributed by atoms with Gasteiger partial charge in [0.25, 0.3) is 0 Å². The minimum Gasteiger partial charge on any atom is -0.489 e. The molecular formula is C17H22ClNO2. The monoisotopic (exact) mass is 307 g/mol. The van der Waals surface area contributed by atoms with Gasteiger partial charge in [-0.05, 0) is 25.0 Å². The van der Waals surface area contributed by atoms with E-state index in [1.807, 2.05) is 29.2 Å². The summed E-state index contributed by atoms with van der Waals surface area (Å²) in [5.74, 6) is 1.40. The molecule has 0 aromatic heterocycles. The van der Waals surface area contributed by atoms with Gasteiger partial charge < -0.3 is 9.64 Å². The molecule has 3 rings (SSSR count). The summed E-state index contributed by atoms with van der Waals surface area (Å²) >= 11 is 6.12. The Kier molecular flexibility index (Phi) is 4.69. The van der Waals surface area contributed by atoms with Gasteiger partial charge in [-0.25, -0.2) is 0 Å². The average Bonchev–Trinajstić information content (AvgIpc) is 3.04. The van der Waals surface area contributed by atoms with E-state index in [1.54, 1.807) is 0 Å². The lowest BCUT2D eigenvalue weighted by Gasteiger charge is -2.33. The minimum absolute atomic E-state index is 0.164. The number of hydrogen-bond donors (Lipinski definition) is 0. The van der Waals surface area contributed by atoms with Crippen LogP contribution in [0.1, 0.15) is 38.5 Å². The molecule has 1 aromatic rings. The molecule has 1 heterocycles. The maximum absolute atomic E-state index is 12.4. The highest BCUT2D eigenvalue weighted by atomic mass is 35.5. The lowest BCUT2D eigenvalue weighted by molar-refractivity contribution is -0.137. The number of para-hydroxylation sites is 1. The molecule has 0 radical (unpaired) electrons. The van der Waals surface area contributed by atoms with E-state index in [-0.39, 0.29) is 12.0 Å². The van der Waals surface area contributed by atoms with Crippen LogP contribution in [0.3, 0.4) is 0 Å². The van der Waals surface area contributed by atoms with Gasteiger partial charge in [0.15, 0.2) is 0 Å². The van der Waals surface area contributed by atoms with Gasteiger partial charge >= 0.3 is 0 Å². The number of rotatable bonds is 3. The Morgan fingerprint density at radius 2 is 1.76 bits per heavy atom. The van der Waals surface area contributed by atoms with Crippen molar-refractivity contribution in [1.29, 1.82) is 0 Å². The van der Waals surface area contributed by atoms with Crippen LogP contribution in [0, 0.1) is 5.92 Å². The van der Waals surface area contributed by atoms with Crippen LogP contribution in [-0.4, -0.2) is 30.0 Å². The maximum Gasteiger partial charge on any atom is 0.225 e. The maximum atomic E-state index is 12.4. The van der Waals surface area contributed by atoms with Gasteiger partial charge in [-0.2, -0.15) is 0 Å². The summed E-state index contributed by atoms with van der Waals surface area (Å²) in [6.07, 6.45) is 6.53. The molecule has 4 heteroatoms. The molecule has 3 nitrogen and oxygen atoms in total. The predicted octanol–water partition coefficient (Wildman–Crippen LogP) is 3.90. The second kappa shape index (κ2) is 6.69. The van der Waals surface area contributed by atoms with E-state index < -0.39 is 0 Å². The molecule has 0 atom stereocenters. The summed E-state index contributed by atoms with van der Waals surface area (Å²) in [5.41, 5.74) is 0. The smallest absolute Gasteiger partial charge is 0.225 e. The summed E-state index contributed by atoms with van der Waals surface area (Å²) < 4.78 is 5.97. The number of likely N-dealkylation sites (tertiary alicyclic amines) is 1. The van der Waals surface area contributed by atoms with Gasteiger partial charge in [-0.15, -0.1) is 0 Å². The number of halogens is 1. The number of ether oxygens (including phenoxy) is 1. The Morgan fingerprint density at radius 1 is 1.10 bits per heavy atom. The summed E-state index contributed by atoms with van der Waals surface area (Å²) in [5, 5.41) is 0.655.